The summed E-state index contributed by atoms with van der Waals surface area (Å²) in [6.07, 6.45) is 1.33. The largest absolute Gasteiger partial charge is 0.303 e. The molecule has 1 aliphatic heterocycles. The number of anilines is 1. The highest BCUT2D eigenvalue weighted by Gasteiger charge is 2.43. The molecule has 0 spiro atoms. The van der Waals surface area contributed by atoms with Gasteiger partial charge in [0, 0.05) is 16.8 Å². The Morgan fingerprint density at radius 1 is 1.08 bits per heavy atom. The van der Waals surface area contributed by atoms with Crippen molar-refractivity contribution in [2.24, 2.45) is 11.8 Å². The maximum Gasteiger partial charge on any atom is 0.238 e. The summed E-state index contributed by atoms with van der Waals surface area (Å²) in [4.78, 5) is 37.8. The fourth-order valence-corrected chi connectivity index (χ4v) is 3.29. The average Bonchev–Trinajstić information content (AvgIpc) is 2.89. The SMILES string of the molecule is O=C[C@H](Cc1ccccc1)[C@@H]1CC(=O)N(c2ccc(Br)cc2)C1=O. The summed E-state index contributed by atoms with van der Waals surface area (Å²) in [5.74, 6) is -1.65. The summed E-state index contributed by atoms with van der Waals surface area (Å²) in [6.45, 7) is 0. The molecule has 0 radical (unpaired) electrons. The van der Waals surface area contributed by atoms with Gasteiger partial charge in [0.15, 0.2) is 0 Å². The van der Waals surface area contributed by atoms with Crippen LogP contribution in [0.4, 0.5) is 5.69 Å². The first kappa shape index (κ1) is 16.6. The number of hydrogen-bond acceptors (Lipinski definition) is 3. The second-order valence-corrected chi connectivity index (χ2v) is 6.76. The van der Waals surface area contributed by atoms with Gasteiger partial charge in [-0.05, 0) is 36.2 Å². The third kappa shape index (κ3) is 3.31. The van der Waals surface area contributed by atoms with Crippen molar-refractivity contribution >= 4 is 39.7 Å². The van der Waals surface area contributed by atoms with Crippen LogP contribution in [0, 0.1) is 11.8 Å². The molecular formula is C19H16BrNO3. The van der Waals surface area contributed by atoms with Crippen molar-refractivity contribution in [1.82, 2.24) is 0 Å². The summed E-state index contributed by atoms with van der Waals surface area (Å²) in [5, 5.41) is 0. The number of aldehydes is 1. The molecule has 0 N–H and O–H groups in total. The average molecular weight is 386 g/mol. The fraction of sp³-hybridized carbons (Fsp3) is 0.211. The predicted octanol–water partition coefficient (Wildman–Crippen LogP) is 3.39. The minimum absolute atomic E-state index is 0.0745. The van der Waals surface area contributed by atoms with Crippen molar-refractivity contribution < 1.29 is 14.4 Å². The Kier molecular flexibility index (Phi) is 4.90. The smallest absolute Gasteiger partial charge is 0.238 e. The highest BCUT2D eigenvalue weighted by atomic mass is 79.9. The van der Waals surface area contributed by atoms with Gasteiger partial charge in [-0.25, -0.2) is 0 Å². The van der Waals surface area contributed by atoms with Crippen LogP contribution >= 0.6 is 15.9 Å². The lowest BCUT2D eigenvalue weighted by atomic mass is 9.87. The Morgan fingerprint density at radius 2 is 1.75 bits per heavy atom. The molecule has 1 aliphatic rings. The molecule has 0 unspecified atom stereocenters. The van der Waals surface area contributed by atoms with Crippen LogP contribution in [0.5, 0.6) is 0 Å². The van der Waals surface area contributed by atoms with E-state index >= 15 is 0 Å². The summed E-state index contributed by atoms with van der Waals surface area (Å²) in [5.41, 5.74) is 1.53. The molecule has 2 aromatic carbocycles. The van der Waals surface area contributed by atoms with Gasteiger partial charge in [0.1, 0.15) is 6.29 Å². The molecule has 0 aliphatic carbocycles. The second kappa shape index (κ2) is 7.09. The molecule has 2 aromatic rings. The molecule has 4 nitrogen and oxygen atoms in total. The zero-order chi connectivity index (χ0) is 17.1. The van der Waals surface area contributed by atoms with Crippen LogP contribution in [0.25, 0.3) is 0 Å². The molecule has 1 heterocycles. The highest BCUT2D eigenvalue weighted by Crippen LogP contribution is 2.32. The number of benzene rings is 2. The lowest BCUT2D eigenvalue weighted by Crippen LogP contribution is -2.33. The maximum atomic E-state index is 12.7. The van der Waals surface area contributed by atoms with Crippen LogP contribution in [-0.4, -0.2) is 18.1 Å². The number of carbonyl (C=O) groups is 3. The van der Waals surface area contributed by atoms with Crippen molar-refractivity contribution in [1.29, 1.82) is 0 Å². The van der Waals surface area contributed by atoms with Gasteiger partial charge in [-0.1, -0.05) is 46.3 Å². The zero-order valence-electron chi connectivity index (χ0n) is 12.9. The third-order valence-corrected chi connectivity index (χ3v) is 4.80. The minimum atomic E-state index is -0.598. The monoisotopic (exact) mass is 385 g/mol. The molecule has 3 rings (SSSR count). The predicted molar refractivity (Wildman–Crippen MR) is 94.4 cm³/mol. The molecule has 2 atom stereocenters. The van der Waals surface area contributed by atoms with E-state index in [2.05, 4.69) is 15.9 Å². The number of hydrogen-bond donors (Lipinski definition) is 0. The molecular weight excluding hydrogens is 370 g/mol. The van der Waals surface area contributed by atoms with E-state index in [4.69, 9.17) is 0 Å². The number of carbonyl (C=O) groups excluding carboxylic acids is 3. The van der Waals surface area contributed by atoms with Crippen molar-refractivity contribution in [2.75, 3.05) is 4.90 Å². The normalized spacial score (nSPS) is 18.7. The Morgan fingerprint density at radius 3 is 2.38 bits per heavy atom. The van der Waals surface area contributed by atoms with Crippen LogP contribution in [0.2, 0.25) is 0 Å². The Bertz CT molecular complexity index is 758. The molecule has 122 valence electrons. The van der Waals surface area contributed by atoms with Gasteiger partial charge < -0.3 is 4.79 Å². The van der Waals surface area contributed by atoms with Gasteiger partial charge in [0.05, 0.1) is 11.6 Å². The van der Waals surface area contributed by atoms with Gasteiger partial charge in [-0.15, -0.1) is 0 Å². The summed E-state index contributed by atoms with van der Waals surface area (Å²) >= 11 is 3.33. The van der Waals surface area contributed by atoms with Crippen LogP contribution in [-0.2, 0) is 20.8 Å². The Labute approximate surface area is 148 Å². The molecule has 1 fully saturated rings. The molecule has 5 heteroatoms. The van der Waals surface area contributed by atoms with Crippen LogP contribution in [0.1, 0.15) is 12.0 Å². The van der Waals surface area contributed by atoms with Gasteiger partial charge >= 0.3 is 0 Å². The standard InChI is InChI=1S/C19H16BrNO3/c20-15-6-8-16(9-7-15)21-18(23)11-17(19(21)24)14(12-22)10-13-4-2-1-3-5-13/h1-9,12,14,17H,10-11H2/t14-,17-/m0/s1. The van der Waals surface area contributed by atoms with E-state index in [0.717, 1.165) is 16.3 Å². The topological polar surface area (TPSA) is 54.5 Å². The molecule has 2 amide bonds. The fourth-order valence-electron chi connectivity index (χ4n) is 3.02. The molecule has 24 heavy (non-hydrogen) atoms. The van der Waals surface area contributed by atoms with E-state index < -0.39 is 11.8 Å². The van der Waals surface area contributed by atoms with Crippen LogP contribution in [0.15, 0.2) is 59.1 Å². The lowest BCUT2D eigenvalue weighted by molar-refractivity contribution is -0.125. The highest BCUT2D eigenvalue weighted by molar-refractivity contribution is 9.10. The molecule has 1 saturated heterocycles. The van der Waals surface area contributed by atoms with Crippen molar-refractivity contribution in [2.45, 2.75) is 12.8 Å². The van der Waals surface area contributed by atoms with E-state index in [1.54, 1.807) is 24.3 Å². The number of halogens is 1. The zero-order valence-corrected chi connectivity index (χ0v) is 14.5. The van der Waals surface area contributed by atoms with Crippen LogP contribution in [0.3, 0.4) is 0 Å². The van der Waals surface area contributed by atoms with E-state index in [9.17, 15) is 14.4 Å². The second-order valence-electron chi connectivity index (χ2n) is 5.84. The Hall–Kier alpha value is -2.27. The number of imide groups is 1. The number of rotatable bonds is 5. The summed E-state index contributed by atoms with van der Waals surface area (Å²) < 4.78 is 0.872. The quantitative estimate of drug-likeness (QED) is 0.585. The third-order valence-electron chi connectivity index (χ3n) is 4.27. The summed E-state index contributed by atoms with van der Waals surface area (Å²) in [7, 11) is 0. The van der Waals surface area contributed by atoms with Gasteiger partial charge in [-0.2, -0.15) is 0 Å². The van der Waals surface area contributed by atoms with E-state index in [-0.39, 0.29) is 18.2 Å². The van der Waals surface area contributed by atoms with Gasteiger partial charge in [0.25, 0.3) is 0 Å². The van der Waals surface area contributed by atoms with Crippen molar-refractivity contribution in [3.63, 3.8) is 0 Å². The molecule has 0 saturated carbocycles. The van der Waals surface area contributed by atoms with Gasteiger partial charge in [0.2, 0.25) is 11.8 Å². The Balaban J connectivity index is 1.81. The van der Waals surface area contributed by atoms with E-state index in [1.165, 1.54) is 4.90 Å². The maximum absolute atomic E-state index is 12.7. The number of nitrogens with zero attached hydrogens (tertiary/aromatic N) is 1. The minimum Gasteiger partial charge on any atom is -0.303 e. The molecule has 0 bridgehead atoms. The number of amides is 2. The van der Waals surface area contributed by atoms with Crippen molar-refractivity contribution in [3.05, 3.63) is 64.6 Å². The van der Waals surface area contributed by atoms with Crippen LogP contribution < -0.4 is 4.90 Å². The first-order valence-corrected chi connectivity index (χ1v) is 8.51. The molecule has 0 aromatic heterocycles. The van der Waals surface area contributed by atoms with Gasteiger partial charge in [-0.3, -0.25) is 14.5 Å². The van der Waals surface area contributed by atoms with E-state index in [0.29, 0.717) is 12.1 Å². The lowest BCUT2D eigenvalue weighted by Gasteiger charge is -2.18. The first-order valence-electron chi connectivity index (χ1n) is 7.71. The summed E-state index contributed by atoms with van der Waals surface area (Å²) in [6, 6.07) is 16.5. The van der Waals surface area contributed by atoms with Crippen molar-refractivity contribution in [3.8, 4) is 0 Å². The first-order chi connectivity index (χ1) is 11.6. The van der Waals surface area contributed by atoms with E-state index in [1.807, 2.05) is 30.3 Å².